The minimum Gasteiger partial charge on any atom is -0.454 e. The number of hydrogen-bond acceptors (Lipinski definition) is 4. The van der Waals surface area contributed by atoms with E-state index in [9.17, 15) is 4.79 Å². The first kappa shape index (κ1) is 23.8. The van der Waals surface area contributed by atoms with E-state index in [2.05, 4.69) is 27.0 Å². The van der Waals surface area contributed by atoms with Crippen molar-refractivity contribution >= 4 is 35.8 Å². The number of nitrogens with zero attached hydrogens (tertiary/aromatic N) is 1. The van der Waals surface area contributed by atoms with E-state index in [1.54, 1.807) is 0 Å². The molecule has 0 saturated heterocycles. The summed E-state index contributed by atoms with van der Waals surface area (Å²) < 4.78 is 10.8. The largest absolute Gasteiger partial charge is 0.454 e. The van der Waals surface area contributed by atoms with Gasteiger partial charge in [0, 0.05) is 25.2 Å². The minimum atomic E-state index is -0.0546. The van der Waals surface area contributed by atoms with Crippen molar-refractivity contribution in [1.82, 2.24) is 16.0 Å². The fourth-order valence-electron chi connectivity index (χ4n) is 2.96. The Balaban J connectivity index is 0.00000320. The summed E-state index contributed by atoms with van der Waals surface area (Å²) >= 11 is 0. The van der Waals surface area contributed by atoms with Gasteiger partial charge in [0.25, 0.3) is 5.91 Å². The fraction of sp³-hybridized carbons (Fsp3) is 0.364. The quantitative estimate of drug-likeness (QED) is 0.281. The van der Waals surface area contributed by atoms with Gasteiger partial charge in [0.1, 0.15) is 0 Å². The number of benzene rings is 2. The number of guanidine groups is 1. The molecule has 0 aromatic heterocycles. The van der Waals surface area contributed by atoms with Gasteiger partial charge < -0.3 is 25.4 Å². The van der Waals surface area contributed by atoms with E-state index in [4.69, 9.17) is 9.47 Å². The topological polar surface area (TPSA) is 84.0 Å². The average molecular weight is 524 g/mol. The molecule has 1 heterocycles. The Kier molecular flexibility index (Phi) is 9.72. The third kappa shape index (κ3) is 6.79. The van der Waals surface area contributed by atoms with Crippen molar-refractivity contribution < 1.29 is 14.3 Å². The molecule has 0 bridgehead atoms. The second-order valence-corrected chi connectivity index (χ2v) is 6.62. The summed E-state index contributed by atoms with van der Waals surface area (Å²) in [5, 5.41) is 9.41. The van der Waals surface area contributed by atoms with Crippen molar-refractivity contribution in [3.63, 3.8) is 0 Å². The van der Waals surface area contributed by atoms with Crippen LogP contribution in [-0.2, 0) is 13.0 Å². The molecule has 1 amide bonds. The van der Waals surface area contributed by atoms with Gasteiger partial charge in [0.15, 0.2) is 17.5 Å². The van der Waals surface area contributed by atoms with Crippen molar-refractivity contribution in [1.29, 1.82) is 0 Å². The van der Waals surface area contributed by atoms with Crippen LogP contribution in [0.1, 0.15) is 35.3 Å². The highest BCUT2D eigenvalue weighted by Crippen LogP contribution is 2.32. The van der Waals surface area contributed by atoms with E-state index in [0.717, 1.165) is 42.5 Å². The summed E-state index contributed by atoms with van der Waals surface area (Å²) in [6.45, 7) is 6.93. The number of amides is 1. The smallest absolute Gasteiger partial charge is 0.251 e. The molecule has 0 spiro atoms. The Morgan fingerprint density at radius 2 is 1.63 bits per heavy atom. The third-order valence-corrected chi connectivity index (χ3v) is 4.46. The second kappa shape index (κ2) is 12.3. The molecule has 1 aliphatic rings. The van der Waals surface area contributed by atoms with Crippen molar-refractivity contribution in [2.24, 2.45) is 4.99 Å². The van der Waals surface area contributed by atoms with Crippen LogP contribution >= 0.6 is 24.0 Å². The Bertz CT molecular complexity index is 856. The van der Waals surface area contributed by atoms with Crippen molar-refractivity contribution in [2.45, 2.75) is 26.8 Å². The molecule has 0 atom stereocenters. The molecule has 7 nitrogen and oxygen atoms in total. The Hall–Kier alpha value is -2.49. The van der Waals surface area contributed by atoms with Gasteiger partial charge in [-0.25, -0.2) is 4.99 Å². The van der Waals surface area contributed by atoms with Gasteiger partial charge in [-0.15, -0.1) is 24.0 Å². The second-order valence-electron chi connectivity index (χ2n) is 6.62. The first-order valence-corrected chi connectivity index (χ1v) is 9.97. The number of fused-ring (bicyclic) bond motifs is 1. The van der Waals surface area contributed by atoms with Gasteiger partial charge >= 0.3 is 0 Å². The highest BCUT2D eigenvalue weighted by molar-refractivity contribution is 14.0. The zero-order valence-electron chi connectivity index (χ0n) is 17.4. The molecule has 3 rings (SSSR count). The van der Waals surface area contributed by atoms with Crippen LogP contribution in [0.2, 0.25) is 0 Å². The number of carbonyl (C=O) groups is 1. The Labute approximate surface area is 194 Å². The van der Waals surface area contributed by atoms with Crippen LogP contribution in [-0.4, -0.2) is 38.3 Å². The van der Waals surface area contributed by atoms with Crippen LogP contribution in [0.5, 0.6) is 11.5 Å². The number of halogens is 1. The number of aliphatic imine (C=N–C) groups is 1. The van der Waals surface area contributed by atoms with Gasteiger partial charge in [-0.3, -0.25) is 4.79 Å². The molecule has 2 aromatic rings. The molecule has 8 heteroatoms. The summed E-state index contributed by atoms with van der Waals surface area (Å²) in [7, 11) is 0. The summed E-state index contributed by atoms with van der Waals surface area (Å²) in [5.74, 6) is 2.32. The molecule has 0 fully saturated rings. The zero-order valence-corrected chi connectivity index (χ0v) is 19.7. The van der Waals surface area contributed by atoms with E-state index in [1.807, 2.05) is 50.2 Å². The number of carbonyl (C=O) groups excluding carboxylic acids is 1. The highest BCUT2D eigenvalue weighted by atomic mass is 127. The van der Waals surface area contributed by atoms with Crippen molar-refractivity contribution in [3.8, 4) is 11.5 Å². The standard InChI is InChI=1S/C22H28N4O3.HI/c1-3-23-21(27)18-8-5-17(6-9-18)14-26-22(24-4-2)25-12-11-16-7-10-19-20(13-16)29-15-28-19;/h5-10,13H,3-4,11-12,14-15H2,1-2H3,(H,23,27)(H2,24,25,26);1H. The van der Waals surface area contributed by atoms with E-state index in [-0.39, 0.29) is 29.9 Å². The summed E-state index contributed by atoms with van der Waals surface area (Å²) in [6, 6.07) is 13.5. The first-order chi connectivity index (χ1) is 14.2. The van der Waals surface area contributed by atoms with E-state index in [0.29, 0.717) is 25.4 Å². The van der Waals surface area contributed by atoms with Crippen LogP contribution in [0, 0.1) is 0 Å². The molecule has 0 saturated carbocycles. The zero-order chi connectivity index (χ0) is 20.5. The average Bonchev–Trinajstić information content (AvgIpc) is 3.20. The number of ether oxygens (including phenoxy) is 2. The van der Waals surface area contributed by atoms with Gasteiger partial charge in [0.2, 0.25) is 6.79 Å². The van der Waals surface area contributed by atoms with E-state index < -0.39 is 0 Å². The monoisotopic (exact) mass is 524 g/mol. The summed E-state index contributed by atoms with van der Waals surface area (Å²) in [6.07, 6.45) is 0.849. The predicted octanol–water partition coefficient (Wildman–Crippen LogP) is 3.08. The lowest BCUT2D eigenvalue weighted by Gasteiger charge is -2.11. The number of rotatable bonds is 8. The normalized spacial score (nSPS) is 12.1. The summed E-state index contributed by atoms with van der Waals surface area (Å²) in [5.41, 5.74) is 2.89. The maximum atomic E-state index is 11.8. The molecular weight excluding hydrogens is 495 g/mol. The molecule has 162 valence electrons. The van der Waals surface area contributed by atoms with Crippen LogP contribution in [0.3, 0.4) is 0 Å². The van der Waals surface area contributed by atoms with Gasteiger partial charge in [-0.1, -0.05) is 18.2 Å². The van der Waals surface area contributed by atoms with E-state index in [1.165, 1.54) is 5.56 Å². The van der Waals surface area contributed by atoms with Gasteiger partial charge in [-0.05, 0) is 55.7 Å². The van der Waals surface area contributed by atoms with Crippen LogP contribution in [0.15, 0.2) is 47.5 Å². The highest BCUT2D eigenvalue weighted by Gasteiger charge is 2.13. The van der Waals surface area contributed by atoms with Gasteiger partial charge in [0.05, 0.1) is 6.54 Å². The van der Waals surface area contributed by atoms with Gasteiger partial charge in [-0.2, -0.15) is 0 Å². The third-order valence-electron chi connectivity index (χ3n) is 4.46. The predicted molar refractivity (Wildman–Crippen MR) is 129 cm³/mol. The van der Waals surface area contributed by atoms with Crippen molar-refractivity contribution in [3.05, 3.63) is 59.2 Å². The number of hydrogen-bond donors (Lipinski definition) is 3. The SMILES string of the molecule is CCNC(=O)c1ccc(CN=C(NCC)NCCc2ccc3c(c2)OCO3)cc1.I. The molecule has 0 unspecified atom stereocenters. The molecule has 0 aliphatic carbocycles. The lowest BCUT2D eigenvalue weighted by Crippen LogP contribution is -2.38. The first-order valence-electron chi connectivity index (χ1n) is 9.97. The van der Waals surface area contributed by atoms with Crippen LogP contribution < -0.4 is 25.4 Å². The van der Waals surface area contributed by atoms with E-state index >= 15 is 0 Å². The molecule has 2 aromatic carbocycles. The maximum Gasteiger partial charge on any atom is 0.251 e. The Morgan fingerprint density at radius 1 is 0.933 bits per heavy atom. The Morgan fingerprint density at radius 3 is 2.37 bits per heavy atom. The molecule has 3 N–H and O–H groups in total. The fourth-order valence-corrected chi connectivity index (χ4v) is 2.96. The molecule has 1 aliphatic heterocycles. The lowest BCUT2D eigenvalue weighted by atomic mass is 10.1. The maximum absolute atomic E-state index is 11.8. The molecule has 30 heavy (non-hydrogen) atoms. The van der Waals surface area contributed by atoms with Crippen LogP contribution in [0.4, 0.5) is 0 Å². The van der Waals surface area contributed by atoms with Crippen LogP contribution in [0.25, 0.3) is 0 Å². The molecular formula is C22H29IN4O3. The molecule has 0 radical (unpaired) electrons. The van der Waals surface area contributed by atoms with Crippen molar-refractivity contribution in [2.75, 3.05) is 26.4 Å². The lowest BCUT2D eigenvalue weighted by molar-refractivity contribution is 0.0956. The number of nitrogens with one attached hydrogen (secondary N) is 3. The minimum absolute atomic E-state index is 0. The summed E-state index contributed by atoms with van der Waals surface area (Å²) in [4.78, 5) is 16.5.